The maximum absolute atomic E-state index is 13.8. The summed E-state index contributed by atoms with van der Waals surface area (Å²) in [5.74, 6) is -0.200. The van der Waals surface area contributed by atoms with Crippen LogP contribution in [0.25, 0.3) is 0 Å². The highest BCUT2D eigenvalue weighted by Gasteiger charge is 2.39. The van der Waals surface area contributed by atoms with Gasteiger partial charge in [-0.3, -0.25) is 0 Å². The van der Waals surface area contributed by atoms with E-state index in [2.05, 4.69) is 0 Å². The number of para-hydroxylation sites is 1. The molecule has 4 nitrogen and oxygen atoms in total. The highest BCUT2D eigenvalue weighted by Crippen LogP contribution is 2.35. The minimum Gasteiger partial charge on any atom is -0.492 e. The summed E-state index contributed by atoms with van der Waals surface area (Å²) in [6.07, 6.45) is 0. The molecule has 0 spiro atoms. The van der Waals surface area contributed by atoms with Gasteiger partial charge in [0.25, 0.3) is 0 Å². The van der Waals surface area contributed by atoms with Gasteiger partial charge in [-0.1, -0.05) is 30.3 Å². The maximum Gasteiger partial charge on any atom is 0.189 e. The van der Waals surface area contributed by atoms with Crippen LogP contribution in [0.4, 0.5) is 4.39 Å². The first-order chi connectivity index (χ1) is 10.0. The first-order valence-electron chi connectivity index (χ1n) is 6.47. The molecule has 21 heavy (non-hydrogen) atoms. The lowest BCUT2D eigenvalue weighted by Gasteiger charge is -2.30. The molecule has 2 N–H and O–H groups in total. The van der Waals surface area contributed by atoms with E-state index in [0.29, 0.717) is 11.3 Å². The number of hydrogen-bond donors (Lipinski definition) is 1. The second-order valence-electron chi connectivity index (χ2n) is 4.89. The second-order valence-corrected chi connectivity index (χ2v) is 7.02. The van der Waals surface area contributed by atoms with Crippen LogP contribution in [0.5, 0.6) is 5.75 Å². The average molecular weight is 307 g/mol. The molecule has 2 aromatic carbocycles. The lowest BCUT2D eigenvalue weighted by molar-refractivity contribution is 0.270. The highest BCUT2D eigenvalue weighted by molar-refractivity contribution is 7.92. The van der Waals surface area contributed by atoms with Gasteiger partial charge in [-0.15, -0.1) is 0 Å². The Labute approximate surface area is 122 Å². The average Bonchev–Trinajstić information content (AvgIpc) is 2.48. The number of halogens is 1. The molecule has 3 rings (SSSR count). The maximum atomic E-state index is 13.8. The quantitative estimate of drug-likeness (QED) is 0.922. The van der Waals surface area contributed by atoms with Gasteiger partial charge in [0.1, 0.15) is 28.3 Å². The van der Waals surface area contributed by atoms with Crippen LogP contribution >= 0.6 is 0 Å². The van der Waals surface area contributed by atoms with E-state index >= 15 is 0 Å². The summed E-state index contributed by atoms with van der Waals surface area (Å²) in [6, 6.07) is 11.6. The Balaban J connectivity index is 2.04. The summed E-state index contributed by atoms with van der Waals surface area (Å²) >= 11 is 0. The van der Waals surface area contributed by atoms with Crippen LogP contribution in [0, 0.1) is 5.82 Å². The fourth-order valence-corrected chi connectivity index (χ4v) is 4.20. The van der Waals surface area contributed by atoms with Gasteiger partial charge in [0, 0.05) is 5.56 Å². The topological polar surface area (TPSA) is 69.4 Å². The first kappa shape index (κ1) is 14.0. The van der Waals surface area contributed by atoms with Crippen LogP contribution in [0.3, 0.4) is 0 Å². The zero-order chi connectivity index (χ0) is 15.0. The molecule has 0 aromatic heterocycles. The molecule has 0 fully saturated rings. The Morgan fingerprint density at radius 3 is 2.52 bits per heavy atom. The van der Waals surface area contributed by atoms with Gasteiger partial charge in [0.05, 0.1) is 6.04 Å². The van der Waals surface area contributed by atoms with Crippen molar-refractivity contribution in [1.82, 2.24) is 0 Å². The Hall–Kier alpha value is -1.92. The van der Waals surface area contributed by atoms with Crippen molar-refractivity contribution in [2.75, 3.05) is 6.61 Å². The van der Waals surface area contributed by atoms with Crippen LogP contribution in [-0.2, 0) is 9.84 Å². The molecule has 0 saturated heterocycles. The lowest BCUT2D eigenvalue weighted by atomic mass is 10.0. The summed E-state index contributed by atoms with van der Waals surface area (Å²) in [5.41, 5.74) is 6.70. The molecule has 1 aliphatic rings. The molecular weight excluding hydrogens is 293 g/mol. The standard InChI is InChI=1S/C15H14FNO3S/c16-11-6-2-4-8-13(11)21(18,19)14-9-20-12-7-3-1-5-10(12)15(14)17/h1-8,14-15H,9,17H2. The molecule has 1 aliphatic heterocycles. The smallest absolute Gasteiger partial charge is 0.189 e. The van der Waals surface area contributed by atoms with Crippen molar-refractivity contribution in [3.63, 3.8) is 0 Å². The Bertz CT molecular complexity index is 776. The molecule has 6 heteroatoms. The molecule has 1 heterocycles. The Morgan fingerprint density at radius 1 is 1.10 bits per heavy atom. The van der Waals surface area contributed by atoms with Crippen molar-refractivity contribution in [2.24, 2.45) is 5.73 Å². The van der Waals surface area contributed by atoms with Crippen LogP contribution in [0.1, 0.15) is 11.6 Å². The lowest BCUT2D eigenvalue weighted by Crippen LogP contribution is -2.41. The van der Waals surface area contributed by atoms with E-state index in [4.69, 9.17) is 10.5 Å². The molecule has 0 amide bonds. The largest absolute Gasteiger partial charge is 0.492 e. The van der Waals surface area contributed by atoms with E-state index in [1.54, 1.807) is 24.3 Å². The summed E-state index contributed by atoms with van der Waals surface area (Å²) in [4.78, 5) is -0.339. The van der Waals surface area contributed by atoms with E-state index in [1.165, 1.54) is 18.2 Å². The Morgan fingerprint density at radius 2 is 1.76 bits per heavy atom. The zero-order valence-corrected chi connectivity index (χ0v) is 11.9. The van der Waals surface area contributed by atoms with E-state index in [9.17, 15) is 12.8 Å². The van der Waals surface area contributed by atoms with Crippen molar-refractivity contribution in [3.8, 4) is 5.75 Å². The van der Waals surface area contributed by atoms with Gasteiger partial charge < -0.3 is 10.5 Å². The van der Waals surface area contributed by atoms with Crippen molar-refractivity contribution in [3.05, 3.63) is 59.9 Å². The fraction of sp³-hybridized carbons (Fsp3) is 0.200. The van der Waals surface area contributed by atoms with E-state index in [-0.39, 0.29) is 11.5 Å². The van der Waals surface area contributed by atoms with Crippen LogP contribution in [0.2, 0.25) is 0 Å². The van der Waals surface area contributed by atoms with Gasteiger partial charge in [-0.2, -0.15) is 0 Å². The zero-order valence-electron chi connectivity index (χ0n) is 11.1. The SMILES string of the molecule is NC1c2ccccc2OCC1S(=O)(=O)c1ccccc1F. The van der Waals surface area contributed by atoms with Gasteiger partial charge in [-0.05, 0) is 18.2 Å². The van der Waals surface area contributed by atoms with E-state index in [0.717, 1.165) is 6.07 Å². The third-order valence-electron chi connectivity index (χ3n) is 3.62. The predicted molar refractivity (Wildman–Crippen MR) is 76.2 cm³/mol. The van der Waals surface area contributed by atoms with Gasteiger partial charge in [0.2, 0.25) is 0 Å². The summed E-state index contributed by atoms with van der Waals surface area (Å²) in [6.45, 7) is -0.0884. The molecule has 110 valence electrons. The molecular formula is C15H14FNO3S. The van der Waals surface area contributed by atoms with E-state index in [1.807, 2.05) is 0 Å². The molecule has 0 radical (unpaired) electrons. The number of nitrogens with two attached hydrogens (primary N) is 1. The number of ether oxygens (including phenoxy) is 1. The van der Waals surface area contributed by atoms with Gasteiger partial charge in [0.15, 0.2) is 9.84 Å². The number of rotatable bonds is 2. The predicted octanol–water partition coefficient (Wildman–Crippen LogP) is 2.06. The monoisotopic (exact) mass is 307 g/mol. The number of benzene rings is 2. The minimum atomic E-state index is -3.91. The molecule has 0 saturated carbocycles. The van der Waals surface area contributed by atoms with Crippen molar-refractivity contribution < 1.29 is 17.5 Å². The molecule has 2 aromatic rings. The van der Waals surface area contributed by atoms with Crippen LogP contribution in [-0.4, -0.2) is 20.3 Å². The minimum absolute atomic E-state index is 0.0884. The summed E-state index contributed by atoms with van der Waals surface area (Å²) < 4.78 is 44.5. The van der Waals surface area contributed by atoms with E-state index < -0.39 is 26.9 Å². The third kappa shape index (κ3) is 2.30. The highest BCUT2D eigenvalue weighted by atomic mass is 32.2. The first-order valence-corrected chi connectivity index (χ1v) is 8.02. The van der Waals surface area contributed by atoms with Crippen molar-refractivity contribution in [2.45, 2.75) is 16.2 Å². The van der Waals surface area contributed by atoms with Crippen molar-refractivity contribution in [1.29, 1.82) is 0 Å². The van der Waals surface area contributed by atoms with Gasteiger partial charge in [-0.25, -0.2) is 12.8 Å². The van der Waals surface area contributed by atoms with Crippen LogP contribution < -0.4 is 10.5 Å². The fourth-order valence-electron chi connectivity index (χ4n) is 2.48. The molecule has 2 unspecified atom stereocenters. The molecule has 2 atom stereocenters. The Kier molecular flexibility index (Phi) is 3.43. The van der Waals surface area contributed by atoms with Crippen molar-refractivity contribution >= 4 is 9.84 Å². The summed E-state index contributed by atoms with van der Waals surface area (Å²) in [7, 11) is -3.91. The number of hydrogen-bond acceptors (Lipinski definition) is 4. The molecule has 0 bridgehead atoms. The normalized spacial score (nSPS) is 21.4. The third-order valence-corrected chi connectivity index (χ3v) is 5.79. The van der Waals surface area contributed by atoms with Gasteiger partial charge >= 0.3 is 0 Å². The second kappa shape index (κ2) is 5.13. The summed E-state index contributed by atoms with van der Waals surface area (Å²) in [5, 5.41) is -1.01. The van der Waals surface area contributed by atoms with Crippen LogP contribution in [0.15, 0.2) is 53.4 Å². The number of sulfone groups is 1. The molecule has 0 aliphatic carbocycles. The number of fused-ring (bicyclic) bond motifs is 1.